The SMILES string of the molecule is CC(=O)Cc1ccc(SSCOCCCCO[Si](c2ccccc2)(c2ccccc2)C(C)(C)C)cc1. The minimum Gasteiger partial charge on any atom is -0.407 e. The van der Waals surface area contributed by atoms with Gasteiger partial charge in [0, 0.05) is 24.5 Å². The predicted octanol–water partition coefficient (Wildman–Crippen LogP) is 6.89. The molecule has 0 bridgehead atoms. The summed E-state index contributed by atoms with van der Waals surface area (Å²) in [6.07, 6.45) is 2.45. The van der Waals surface area contributed by atoms with Crippen molar-refractivity contribution >= 4 is 46.1 Å². The number of unbranched alkanes of at least 4 members (excludes halogenated alkanes) is 1. The maximum atomic E-state index is 11.2. The highest BCUT2D eigenvalue weighted by atomic mass is 33.1. The molecule has 0 N–H and O–H groups in total. The molecule has 3 aromatic rings. The third-order valence-electron chi connectivity index (χ3n) is 6.08. The monoisotopic (exact) mass is 538 g/mol. The number of Topliss-reactive ketones (excluding diaryl/α,β-unsaturated/α-hetero) is 1. The Hall–Kier alpha value is -1.83. The molecule has 3 nitrogen and oxygen atoms in total. The van der Waals surface area contributed by atoms with Crippen molar-refractivity contribution in [3.05, 3.63) is 90.5 Å². The average molecular weight is 539 g/mol. The highest BCUT2D eigenvalue weighted by Gasteiger charge is 2.49. The van der Waals surface area contributed by atoms with E-state index >= 15 is 0 Å². The first-order chi connectivity index (χ1) is 17.3. The molecule has 0 saturated heterocycles. The van der Waals surface area contributed by atoms with E-state index < -0.39 is 8.32 Å². The summed E-state index contributed by atoms with van der Waals surface area (Å²) >= 11 is 0. The Labute approximate surface area is 225 Å². The second-order valence-electron chi connectivity index (χ2n) is 9.97. The fraction of sp³-hybridized carbons (Fsp3) is 0.367. The van der Waals surface area contributed by atoms with Crippen molar-refractivity contribution in [2.24, 2.45) is 0 Å². The Morgan fingerprint density at radius 1 is 0.806 bits per heavy atom. The smallest absolute Gasteiger partial charge is 0.261 e. The first kappa shape index (κ1) is 28.7. The van der Waals surface area contributed by atoms with Crippen LogP contribution in [0.25, 0.3) is 0 Å². The molecule has 0 radical (unpaired) electrons. The largest absolute Gasteiger partial charge is 0.407 e. The van der Waals surface area contributed by atoms with Gasteiger partial charge in [-0.2, -0.15) is 0 Å². The highest BCUT2D eigenvalue weighted by molar-refractivity contribution is 8.76. The molecule has 0 aliphatic heterocycles. The molecule has 3 aromatic carbocycles. The molecule has 3 rings (SSSR count). The van der Waals surface area contributed by atoms with Gasteiger partial charge in [0.25, 0.3) is 8.32 Å². The summed E-state index contributed by atoms with van der Waals surface area (Å²) < 4.78 is 12.8. The van der Waals surface area contributed by atoms with E-state index in [1.807, 2.05) is 12.1 Å². The third kappa shape index (κ3) is 8.08. The van der Waals surface area contributed by atoms with E-state index in [1.165, 1.54) is 15.3 Å². The Morgan fingerprint density at radius 2 is 1.36 bits per heavy atom. The zero-order valence-electron chi connectivity index (χ0n) is 21.9. The lowest BCUT2D eigenvalue weighted by molar-refractivity contribution is -0.116. The van der Waals surface area contributed by atoms with E-state index in [0.717, 1.165) is 31.6 Å². The highest BCUT2D eigenvalue weighted by Crippen LogP contribution is 2.37. The number of carbonyl (C=O) groups excluding carboxylic acids is 1. The van der Waals surface area contributed by atoms with Crippen molar-refractivity contribution in [3.8, 4) is 0 Å². The Kier molecular flexibility index (Phi) is 11.3. The van der Waals surface area contributed by atoms with Gasteiger partial charge in [0.2, 0.25) is 0 Å². The maximum absolute atomic E-state index is 11.2. The summed E-state index contributed by atoms with van der Waals surface area (Å²) in [4.78, 5) is 12.4. The number of benzene rings is 3. The van der Waals surface area contributed by atoms with Gasteiger partial charge >= 0.3 is 0 Å². The van der Waals surface area contributed by atoms with Crippen LogP contribution < -0.4 is 10.4 Å². The molecule has 0 unspecified atom stereocenters. The van der Waals surface area contributed by atoms with E-state index in [0.29, 0.717) is 12.4 Å². The number of ketones is 1. The zero-order chi connectivity index (χ0) is 25.9. The van der Waals surface area contributed by atoms with Crippen molar-refractivity contribution in [3.63, 3.8) is 0 Å². The Balaban J connectivity index is 1.45. The zero-order valence-corrected chi connectivity index (χ0v) is 24.5. The van der Waals surface area contributed by atoms with E-state index in [2.05, 4.69) is 93.6 Å². The summed E-state index contributed by atoms with van der Waals surface area (Å²) in [6, 6.07) is 29.8. The lowest BCUT2D eigenvalue weighted by Crippen LogP contribution is -2.66. The lowest BCUT2D eigenvalue weighted by atomic mass is 10.1. The van der Waals surface area contributed by atoms with E-state index in [-0.39, 0.29) is 10.8 Å². The van der Waals surface area contributed by atoms with Crippen LogP contribution in [0.5, 0.6) is 0 Å². The number of hydrogen-bond donors (Lipinski definition) is 0. The first-order valence-electron chi connectivity index (χ1n) is 12.5. The van der Waals surface area contributed by atoms with Crippen LogP contribution in [0.4, 0.5) is 0 Å². The van der Waals surface area contributed by atoms with Gasteiger partial charge in [-0.05, 0) is 52.9 Å². The average Bonchev–Trinajstić information content (AvgIpc) is 2.86. The molecule has 0 amide bonds. The van der Waals surface area contributed by atoms with Crippen LogP contribution in [0.2, 0.25) is 5.04 Å². The molecular formula is C30H38O3S2Si. The quantitative estimate of drug-likeness (QED) is 0.0967. The third-order valence-corrected chi connectivity index (χ3v) is 13.2. The normalized spacial score (nSPS) is 12.0. The van der Waals surface area contributed by atoms with Crippen LogP contribution in [0.1, 0.15) is 46.1 Å². The second-order valence-corrected chi connectivity index (χ2v) is 16.6. The van der Waals surface area contributed by atoms with Gasteiger partial charge < -0.3 is 9.16 Å². The van der Waals surface area contributed by atoms with Crippen molar-refractivity contribution in [2.45, 2.75) is 56.9 Å². The van der Waals surface area contributed by atoms with Crippen molar-refractivity contribution in [2.75, 3.05) is 19.2 Å². The van der Waals surface area contributed by atoms with Crippen LogP contribution >= 0.6 is 21.6 Å². The van der Waals surface area contributed by atoms with E-state index in [9.17, 15) is 4.79 Å². The van der Waals surface area contributed by atoms with Crippen LogP contribution in [0, 0.1) is 0 Å². The van der Waals surface area contributed by atoms with E-state index in [1.54, 1.807) is 28.5 Å². The topological polar surface area (TPSA) is 35.5 Å². The fourth-order valence-corrected chi connectivity index (χ4v) is 10.7. The summed E-state index contributed by atoms with van der Waals surface area (Å²) in [5.41, 5.74) is 1.06. The molecule has 0 heterocycles. The molecule has 0 aliphatic carbocycles. The van der Waals surface area contributed by atoms with Crippen LogP contribution in [-0.4, -0.2) is 33.3 Å². The predicted molar refractivity (Wildman–Crippen MR) is 158 cm³/mol. The van der Waals surface area contributed by atoms with Crippen LogP contribution in [0.15, 0.2) is 89.8 Å². The Morgan fingerprint density at radius 3 is 1.89 bits per heavy atom. The van der Waals surface area contributed by atoms with Gasteiger partial charge in [-0.15, -0.1) is 0 Å². The van der Waals surface area contributed by atoms with Crippen molar-refractivity contribution in [1.29, 1.82) is 0 Å². The summed E-state index contributed by atoms with van der Waals surface area (Å²) in [5.74, 6) is 0.838. The summed E-state index contributed by atoms with van der Waals surface area (Å²) in [6.45, 7) is 10.0. The second kappa shape index (κ2) is 14.2. The van der Waals surface area contributed by atoms with Gasteiger partial charge in [0.15, 0.2) is 0 Å². The number of hydrogen-bond acceptors (Lipinski definition) is 5. The minimum atomic E-state index is -2.45. The molecule has 0 aliphatic rings. The minimum absolute atomic E-state index is 0.00431. The Bertz CT molecular complexity index is 1010. The molecule has 36 heavy (non-hydrogen) atoms. The molecule has 0 fully saturated rings. The molecule has 6 heteroatoms. The number of ether oxygens (including phenoxy) is 1. The van der Waals surface area contributed by atoms with Gasteiger partial charge in [-0.1, -0.05) is 115 Å². The van der Waals surface area contributed by atoms with Crippen molar-refractivity contribution in [1.82, 2.24) is 0 Å². The number of carbonyl (C=O) groups is 1. The molecule has 192 valence electrons. The number of rotatable bonds is 14. The molecule has 0 saturated carbocycles. The van der Waals surface area contributed by atoms with Gasteiger partial charge in [-0.3, -0.25) is 4.79 Å². The van der Waals surface area contributed by atoms with Gasteiger partial charge in [-0.25, -0.2) is 0 Å². The fourth-order valence-electron chi connectivity index (χ4n) is 4.43. The van der Waals surface area contributed by atoms with E-state index in [4.69, 9.17) is 9.16 Å². The van der Waals surface area contributed by atoms with Gasteiger partial charge in [0.1, 0.15) is 11.7 Å². The standard InChI is InChI=1S/C30H38O3S2Si/c1-25(31)23-26-17-19-27(20-18-26)35-34-24-32-21-11-12-22-33-36(30(2,3)4,28-13-7-5-8-14-28)29-15-9-6-10-16-29/h5-10,13-20H,11-12,21-24H2,1-4H3. The molecule has 0 atom stereocenters. The summed E-state index contributed by atoms with van der Waals surface area (Å²) in [5, 5.41) is 2.65. The maximum Gasteiger partial charge on any atom is 0.261 e. The van der Waals surface area contributed by atoms with Crippen LogP contribution in [-0.2, 0) is 20.4 Å². The van der Waals surface area contributed by atoms with Crippen molar-refractivity contribution < 1.29 is 14.0 Å². The molecular weight excluding hydrogens is 501 g/mol. The lowest BCUT2D eigenvalue weighted by Gasteiger charge is -2.43. The van der Waals surface area contributed by atoms with Crippen LogP contribution in [0.3, 0.4) is 0 Å². The molecule has 0 aromatic heterocycles. The first-order valence-corrected chi connectivity index (χ1v) is 16.8. The van der Waals surface area contributed by atoms with Gasteiger partial charge in [0.05, 0.1) is 0 Å². The molecule has 0 spiro atoms. The summed E-state index contributed by atoms with van der Waals surface area (Å²) in [7, 11) is 0.952.